The first-order valence-electron chi connectivity index (χ1n) is 8.90. The van der Waals surface area contributed by atoms with Gasteiger partial charge in [0.05, 0.1) is 30.6 Å². The normalized spacial score (nSPS) is 15.1. The average molecular weight is 388 g/mol. The maximum Gasteiger partial charge on any atom is 0.309 e. The van der Waals surface area contributed by atoms with E-state index in [9.17, 15) is 19.3 Å². The van der Waals surface area contributed by atoms with Crippen LogP contribution >= 0.6 is 0 Å². The van der Waals surface area contributed by atoms with Gasteiger partial charge in [-0.25, -0.2) is 4.39 Å². The van der Waals surface area contributed by atoms with Gasteiger partial charge in [-0.05, 0) is 55.2 Å². The quantitative estimate of drug-likeness (QED) is 0.425. The summed E-state index contributed by atoms with van der Waals surface area (Å²) in [6, 6.07) is 7.93. The van der Waals surface area contributed by atoms with E-state index in [-0.39, 0.29) is 25.1 Å². The lowest BCUT2D eigenvalue weighted by Crippen LogP contribution is -2.18. The van der Waals surface area contributed by atoms with Crippen LogP contribution in [-0.2, 0) is 22.4 Å². The van der Waals surface area contributed by atoms with Crippen LogP contribution in [-0.4, -0.2) is 31.7 Å². The van der Waals surface area contributed by atoms with Gasteiger partial charge in [0.25, 0.3) is 5.69 Å². The second kappa shape index (κ2) is 7.84. The monoisotopic (exact) mass is 388 g/mol. The minimum atomic E-state index is -0.666. The molecular formula is C20H21FN2O5. The summed E-state index contributed by atoms with van der Waals surface area (Å²) in [6.45, 7) is 1.93. The van der Waals surface area contributed by atoms with Crippen LogP contribution in [0.4, 0.5) is 21.5 Å². The lowest BCUT2D eigenvalue weighted by atomic mass is 10.0. The van der Waals surface area contributed by atoms with Gasteiger partial charge in [0, 0.05) is 12.7 Å². The molecule has 1 aliphatic carbocycles. The molecule has 3 rings (SSSR count). The minimum absolute atomic E-state index is 0.168. The van der Waals surface area contributed by atoms with Gasteiger partial charge in [0.1, 0.15) is 17.3 Å². The molecule has 0 bridgehead atoms. The molecule has 2 aromatic carbocycles. The number of fused-ring (bicyclic) bond motifs is 1. The molecule has 148 valence electrons. The number of nitrogens with zero attached hydrogens (tertiary/aromatic N) is 2. The van der Waals surface area contributed by atoms with Crippen molar-refractivity contribution in [2.45, 2.75) is 19.8 Å². The van der Waals surface area contributed by atoms with Gasteiger partial charge >= 0.3 is 5.97 Å². The first-order chi connectivity index (χ1) is 13.4. The van der Waals surface area contributed by atoms with Crippen molar-refractivity contribution in [1.82, 2.24) is 0 Å². The molecule has 0 N–H and O–H groups in total. The van der Waals surface area contributed by atoms with Crippen molar-refractivity contribution >= 4 is 23.0 Å². The molecule has 0 aliphatic heterocycles. The van der Waals surface area contributed by atoms with E-state index in [2.05, 4.69) is 0 Å². The third-order valence-electron chi connectivity index (χ3n) is 4.96. The highest BCUT2D eigenvalue weighted by atomic mass is 19.1. The van der Waals surface area contributed by atoms with E-state index in [0.29, 0.717) is 28.3 Å². The van der Waals surface area contributed by atoms with E-state index in [1.165, 1.54) is 0 Å². The number of esters is 1. The molecule has 1 unspecified atom stereocenters. The van der Waals surface area contributed by atoms with Crippen molar-refractivity contribution in [3.05, 3.63) is 57.4 Å². The Hall–Kier alpha value is -3.16. The summed E-state index contributed by atoms with van der Waals surface area (Å²) in [4.78, 5) is 24.8. The standard InChI is InChI=1S/C20H21FN2O5/c1-4-28-20(24)12-9-15-16(10-12)19(18(23(25)26)11-17(15)21)22(2)13-5-7-14(27-3)8-6-13/h5-8,11-12H,4,9-10H2,1-3H3. The van der Waals surface area contributed by atoms with Crippen molar-refractivity contribution in [3.63, 3.8) is 0 Å². The Bertz CT molecular complexity index is 914. The highest BCUT2D eigenvalue weighted by molar-refractivity contribution is 5.81. The number of hydrogen-bond acceptors (Lipinski definition) is 6. The van der Waals surface area contributed by atoms with Gasteiger partial charge in [-0.1, -0.05) is 0 Å². The van der Waals surface area contributed by atoms with Gasteiger partial charge in [0.2, 0.25) is 0 Å². The molecule has 0 saturated carbocycles. The summed E-state index contributed by atoms with van der Waals surface area (Å²) in [5.74, 6) is -0.980. The highest BCUT2D eigenvalue weighted by Gasteiger charge is 2.37. The van der Waals surface area contributed by atoms with Crippen LogP contribution in [0.2, 0.25) is 0 Å². The second-order valence-corrected chi connectivity index (χ2v) is 6.55. The predicted octanol–water partition coefficient (Wildman–Crippen LogP) is 3.79. The fourth-order valence-corrected chi connectivity index (χ4v) is 3.60. The zero-order valence-electron chi connectivity index (χ0n) is 15.9. The summed E-state index contributed by atoms with van der Waals surface area (Å²) in [6.07, 6.45) is 0.365. The van der Waals surface area contributed by atoms with Gasteiger partial charge in [-0.2, -0.15) is 0 Å². The average Bonchev–Trinajstić information content (AvgIpc) is 3.13. The number of halogens is 1. The summed E-state index contributed by atoms with van der Waals surface area (Å²) >= 11 is 0. The van der Waals surface area contributed by atoms with E-state index < -0.39 is 22.6 Å². The summed E-state index contributed by atoms with van der Waals surface area (Å²) in [5.41, 5.74) is 1.44. The number of rotatable bonds is 6. The number of nitro groups is 1. The lowest BCUT2D eigenvalue weighted by Gasteiger charge is -2.23. The predicted molar refractivity (Wildman–Crippen MR) is 102 cm³/mol. The number of carbonyl (C=O) groups is 1. The van der Waals surface area contributed by atoms with Crippen molar-refractivity contribution in [2.75, 3.05) is 25.7 Å². The molecule has 8 heteroatoms. The van der Waals surface area contributed by atoms with Crippen LogP contribution in [0, 0.1) is 21.8 Å². The molecule has 0 fully saturated rings. The Morgan fingerprint density at radius 1 is 1.29 bits per heavy atom. The van der Waals surface area contributed by atoms with Crippen LogP contribution < -0.4 is 9.64 Å². The smallest absolute Gasteiger partial charge is 0.309 e. The fourth-order valence-electron chi connectivity index (χ4n) is 3.60. The zero-order valence-corrected chi connectivity index (χ0v) is 15.9. The minimum Gasteiger partial charge on any atom is -0.497 e. The number of ether oxygens (including phenoxy) is 2. The van der Waals surface area contributed by atoms with Gasteiger partial charge < -0.3 is 14.4 Å². The van der Waals surface area contributed by atoms with Crippen molar-refractivity contribution in [2.24, 2.45) is 5.92 Å². The van der Waals surface area contributed by atoms with E-state index >= 15 is 0 Å². The van der Waals surface area contributed by atoms with Crippen LogP contribution in [0.25, 0.3) is 0 Å². The second-order valence-electron chi connectivity index (χ2n) is 6.55. The molecule has 1 atom stereocenters. The Balaban J connectivity index is 2.08. The Morgan fingerprint density at radius 3 is 2.50 bits per heavy atom. The molecular weight excluding hydrogens is 367 g/mol. The summed E-state index contributed by atoms with van der Waals surface area (Å²) in [5, 5.41) is 11.6. The highest BCUT2D eigenvalue weighted by Crippen LogP contribution is 2.44. The number of methoxy groups -OCH3 is 1. The molecule has 0 amide bonds. The number of nitro benzene ring substituents is 1. The molecule has 2 aromatic rings. The molecule has 0 radical (unpaired) electrons. The van der Waals surface area contributed by atoms with Crippen LogP contribution in [0.5, 0.6) is 5.75 Å². The number of benzene rings is 2. The van der Waals surface area contributed by atoms with Crippen molar-refractivity contribution in [3.8, 4) is 5.75 Å². The first-order valence-corrected chi connectivity index (χ1v) is 8.90. The van der Waals surface area contributed by atoms with Crippen molar-refractivity contribution in [1.29, 1.82) is 0 Å². The zero-order chi connectivity index (χ0) is 20.4. The first kappa shape index (κ1) is 19.6. The molecule has 1 aliphatic rings. The van der Waals surface area contributed by atoms with Crippen molar-refractivity contribution < 1.29 is 23.6 Å². The van der Waals surface area contributed by atoms with E-state index in [1.807, 2.05) is 0 Å². The maximum absolute atomic E-state index is 14.6. The Kier molecular flexibility index (Phi) is 5.48. The molecule has 0 heterocycles. The van der Waals surface area contributed by atoms with E-state index in [4.69, 9.17) is 9.47 Å². The molecule has 0 spiro atoms. The van der Waals surface area contributed by atoms with E-state index in [1.54, 1.807) is 50.2 Å². The summed E-state index contributed by atoms with van der Waals surface area (Å²) in [7, 11) is 3.23. The molecule has 7 nitrogen and oxygen atoms in total. The number of anilines is 2. The largest absolute Gasteiger partial charge is 0.497 e. The van der Waals surface area contributed by atoms with Gasteiger partial charge in [0.15, 0.2) is 0 Å². The van der Waals surface area contributed by atoms with Gasteiger partial charge in [-0.3, -0.25) is 14.9 Å². The topological polar surface area (TPSA) is 81.9 Å². The SMILES string of the molecule is CCOC(=O)C1Cc2c(F)cc([N+](=O)[O-])c(N(C)c3ccc(OC)cc3)c2C1. The van der Waals surface area contributed by atoms with Crippen LogP contribution in [0.15, 0.2) is 30.3 Å². The lowest BCUT2D eigenvalue weighted by molar-refractivity contribution is -0.384. The third kappa shape index (κ3) is 3.49. The number of hydrogen-bond donors (Lipinski definition) is 0. The Labute approximate surface area is 161 Å². The fraction of sp³-hybridized carbons (Fsp3) is 0.350. The third-order valence-corrected chi connectivity index (χ3v) is 4.96. The van der Waals surface area contributed by atoms with E-state index in [0.717, 1.165) is 6.07 Å². The Morgan fingerprint density at radius 2 is 1.93 bits per heavy atom. The molecule has 0 aromatic heterocycles. The van der Waals surface area contributed by atoms with Crippen LogP contribution in [0.1, 0.15) is 18.1 Å². The molecule has 0 saturated heterocycles. The van der Waals surface area contributed by atoms with Gasteiger partial charge in [-0.15, -0.1) is 0 Å². The van der Waals surface area contributed by atoms with Crippen LogP contribution in [0.3, 0.4) is 0 Å². The maximum atomic E-state index is 14.6. The number of carbonyl (C=O) groups excluding carboxylic acids is 1. The molecule has 28 heavy (non-hydrogen) atoms. The summed E-state index contributed by atoms with van der Waals surface area (Å²) < 4.78 is 24.8.